The lowest BCUT2D eigenvalue weighted by atomic mass is 10.1. The highest BCUT2D eigenvalue weighted by molar-refractivity contribution is 7.51. The number of benzene rings is 2. The Hall–Kier alpha value is -1.74. The maximum absolute atomic E-state index is 8.29. The van der Waals surface area contributed by atoms with Gasteiger partial charge in [-0.05, 0) is 28.7 Å². The van der Waals surface area contributed by atoms with Gasteiger partial charge >= 0.3 is 11.6 Å². The number of fused-ring (bicyclic) bond motifs is 3. The van der Waals surface area contributed by atoms with E-state index in [1.807, 2.05) is 0 Å². The molecule has 0 saturated carbocycles. The Morgan fingerprint density at radius 2 is 1.00 bits per heavy atom. The van der Waals surface area contributed by atoms with Crippen LogP contribution in [0.15, 0.2) is 48.5 Å². The minimum Gasteiger partial charge on any atom is -0.168 e. The van der Waals surface area contributed by atoms with E-state index in [1.165, 1.54) is 22.3 Å². The number of hydrogen-bond acceptors (Lipinski definition) is 2. The molecule has 0 N–H and O–H groups in total. The molecule has 2 aromatic rings. The Morgan fingerprint density at radius 3 is 1.37 bits per heavy atom. The molecule has 0 aromatic heterocycles. The lowest BCUT2D eigenvalue weighted by molar-refractivity contribution is 0.630. The maximum Gasteiger partial charge on any atom is 0.335 e. The summed E-state index contributed by atoms with van der Waals surface area (Å²) in [5.74, 6) is 0. The molecule has 0 bridgehead atoms. The Balaban J connectivity index is 0. The summed E-state index contributed by atoms with van der Waals surface area (Å²) in [7, 11) is 0. The Labute approximate surface area is 120 Å². The van der Waals surface area contributed by atoms with Gasteiger partial charge in [0.15, 0.2) is 0 Å². The molecule has 2 aromatic carbocycles. The van der Waals surface area contributed by atoms with E-state index in [0.717, 1.165) is 6.42 Å². The summed E-state index contributed by atoms with van der Waals surface area (Å²) >= 11 is -0.750. The zero-order valence-electron chi connectivity index (χ0n) is 8.55. The first-order valence-corrected chi connectivity index (χ1v) is 5.61. The largest absolute Gasteiger partial charge is 0.335 e. The van der Waals surface area contributed by atoms with Crippen molar-refractivity contribution in [1.29, 1.82) is 0 Å². The van der Waals surface area contributed by atoms with Gasteiger partial charge < -0.3 is 0 Å². The predicted octanol–water partition coefficient (Wildman–Crippen LogP) is 4.50. The quantitative estimate of drug-likeness (QED) is 0.607. The summed E-state index contributed by atoms with van der Waals surface area (Å²) in [5.41, 5.74) is 5.75. The molecule has 0 spiro atoms. The summed E-state index contributed by atoms with van der Waals surface area (Å²) < 4.78 is 16.6. The molecule has 0 atom stereocenters. The molecule has 0 saturated heterocycles. The minimum atomic E-state index is -0.750. The molecule has 0 aliphatic heterocycles. The molecule has 2 nitrogen and oxygen atoms in total. The van der Waals surface area contributed by atoms with Crippen molar-refractivity contribution in [2.45, 2.75) is 28.7 Å². The van der Waals surface area contributed by atoms with Crippen molar-refractivity contribution in [1.82, 2.24) is 0 Å². The third kappa shape index (κ3) is 4.14. The van der Waals surface area contributed by atoms with Gasteiger partial charge in [0.25, 0.3) is 0 Å². The standard InChI is InChI=1S/C13H10.3CH4.O2S/c1-3-7-12-10(5-1)9-11-6-2-4-8-13(11)12;;;;1-3-2/h1-8H,9H2;3*1H4;. The van der Waals surface area contributed by atoms with Gasteiger partial charge in [0.2, 0.25) is 0 Å². The fourth-order valence-corrected chi connectivity index (χ4v) is 2.08. The molecule has 0 heterocycles. The van der Waals surface area contributed by atoms with Gasteiger partial charge in [0, 0.05) is 0 Å². The van der Waals surface area contributed by atoms with E-state index < -0.39 is 11.6 Å². The first-order valence-electron chi connectivity index (χ1n) is 4.95. The molecule has 3 rings (SSSR count). The van der Waals surface area contributed by atoms with Crippen molar-refractivity contribution in [2.75, 3.05) is 0 Å². The van der Waals surface area contributed by atoms with Crippen molar-refractivity contribution in [3.8, 4) is 11.1 Å². The molecule has 19 heavy (non-hydrogen) atoms. The SMILES string of the molecule is C.C.C.O=S=O.c1ccc2c(c1)Cc1ccccc1-2. The second kappa shape index (κ2) is 9.22. The van der Waals surface area contributed by atoms with Crippen molar-refractivity contribution in [3.05, 3.63) is 59.7 Å². The summed E-state index contributed by atoms with van der Waals surface area (Å²) in [6.07, 6.45) is 1.10. The van der Waals surface area contributed by atoms with Crippen LogP contribution < -0.4 is 0 Å². The Kier molecular flexibility index (Phi) is 9.51. The van der Waals surface area contributed by atoms with Gasteiger partial charge in [-0.2, -0.15) is 8.42 Å². The summed E-state index contributed by atoms with van der Waals surface area (Å²) in [5, 5.41) is 0. The molecular weight excluding hydrogens is 256 g/mol. The lowest BCUT2D eigenvalue weighted by Gasteiger charge is -1.98. The lowest BCUT2D eigenvalue weighted by Crippen LogP contribution is -1.77. The van der Waals surface area contributed by atoms with Crippen LogP contribution in [0.3, 0.4) is 0 Å². The fourth-order valence-electron chi connectivity index (χ4n) is 2.08. The van der Waals surface area contributed by atoms with Crippen LogP contribution in [0.4, 0.5) is 0 Å². The number of rotatable bonds is 0. The molecule has 0 unspecified atom stereocenters. The molecular formula is C16H22O2S. The summed E-state index contributed by atoms with van der Waals surface area (Å²) in [6.45, 7) is 0. The van der Waals surface area contributed by atoms with Crippen LogP contribution in [-0.4, -0.2) is 8.42 Å². The fraction of sp³-hybridized carbons (Fsp3) is 0.250. The summed E-state index contributed by atoms with van der Waals surface area (Å²) in [4.78, 5) is 0. The highest BCUT2D eigenvalue weighted by Crippen LogP contribution is 2.35. The molecule has 1 aliphatic carbocycles. The molecule has 0 radical (unpaired) electrons. The normalized spacial score (nSPS) is 9.05. The summed E-state index contributed by atoms with van der Waals surface area (Å²) in [6, 6.07) is 17.3. The topological polar surface area (TPSA) is 34.1 Å². The van der Waals surface area contributed by atoms with Gasteiger partial charge in [0.1, 0.15) is 0 Å². The third-order valence-electron chi connectivity index (χ3n) is 2.71. The second-order valence-corrected chi connectivity index (χ2v) is 3.70. The predicted molar refractivity (Wildman–Crippen MR) is 83.8 cm³/mol. The average Bonchev–Trinajstić information content (AvgIpc) is 2.68. The molecule has 0 fully saturated rings. The van der Waals surface area contributed by atoms with E-state index in [-0.39, 0.29) is 22.3 Å². The van der Waals surface area contributed by atoms with Crippen LogP contribution in [-0.2, 0) is 18.0 Å². The van der Waals surface area contributed by atoms with E-state index in [9.17, 15) is 0 Å². The van der Waals surface area contributed by atoms with Crippen molar-refractivity contribution >= 4 is 11.6 Å². The van der Waals surface area contributed by atoms with Crippen LogP contribution in [0.1, 0.15) is 33.4 Å². The molecule has 104 valence electrons. The highest BCUT2D eigenvalue weighted by atomic mass is 32.1. The first kappa shape index (κ1) is 19.6. The van der Waals surface area contributed by atoms with Crippen molar-refractivity contribution in [2.24, 2.45) is 0 Å². The van der Waals surface area contributed by atoms with Crippen LogP contribution >= 0.6 is 0 Å². The zero-order chi connectivity index (χ0) is 11.4. The van der Waals surface area contributed by atoms with Gasteiger partial charge in [-0.25, -0.2) is 0 Å². The van der Waals surface area contributed by atoms with Gasteiger partial charge in [-0.15, -0.1) is 0 Å². The molecule has 3 heteroatoms. The van der Waals surface area contributed by atoms with Crippen LogP contribution in [0.5, 0.6) is 0 Å². The van der Waals surface area contributed by atoms with Crippen LogP contribution in [0.2, 0.25) is 0 Å². The van der Waals surface area contributed by atoms with Crippen LogP contribution in [0.25, 0.3) is 11.1 Å². The van der Waals surface area contributed by atoms with E-state index in [1.54, 1.807) is 0 Å². The van der Waals surface area contributed by atoms with Gasteiger partial charge in [-0.3, -0.25) is 0 Å². The number of hydrogen-bond donors (Lipinski definition) is 0. The Bertz CT molecular complexity index is 500. The van der Waals surface area contributed by atoms with E-state index in [0.29, 0.717) is 0 Å². The van der Waals surface area contributed by atoms with E-state index >= 15 is 0 Å². The van der Waals surface area contributed by atoms with Crippen molar-refractivity contribution in [3.63, 3.8) is 0 Å². The smallest absolute Gasteiger partial charge is 0.168 e. The van der Waals surface area contributed by atoms with E-state index in [2.05, 4.69) is 48.5 Å². The molecule has 1 aliphatic rings. The zero-order valence-corrected chi connectivity index (χ0v) is 9.37. The van der Waals surface area contributed by atoms with Crippen LogP contribution in [0, 0.1) is 0 Å². The molecule has 0 amide bonds. The average molecular weight is 278 g/mol. The maximum atomic E-state index is 8.29. The van der Waals surface area contributed by atoms with Gasteiger partial charge in [0.05, 0.1) is 0 Å². The third-order valence-corrected chi connectivity index (χ3v) is 2.71. The minimum absolute atomic E-state index is 0. The highest BCUT2D eigenvalue weighted by Gasteiger charge is 2.15. The monoisotopic (exact) mass is 278 g/mol. The van der Waals surface area contributed by atoms with E-state index in [4.69, 9.17) is 8.42 Å². The Morgan fingerprint density at radius 1 is 0.684 bits per heavy atom. The second-order valence-electron chi connectivity index (χ2n) is 3.56. The first-order chi connectivity index (χ1) is 7.86. The van der Waals surface area contributed by atoms with Gasteiger partial charge in [-0.1, -0.05) is 70.8 Å². The van der Waals surface area contributed by atoms with Crippen molar-refractivity contribution < 1.29 is 8.42 Å².